The highest BCUT2D eigenvalue weighted by Gasteiger charge is 2.35. The second-order valence-corrected chi connectivity index (χ2v) is 7.53. The zero-order valence-electron chi connectivity index (χ0n) is 11.0. The van der Waals surface area contributed by atoms with E-state index in [-0.39, 0.29) is 5.56 Å². The Bertz CT molecular complexity index is 718. The van der Waals surface area contributed by atoms with Gasteiger partial charge in [-0.3, -0.25) is 4.79 Å². The van der Waals surface area contributed by atoms with Crippen LogP contribution in [0.4, 0.5) is 4.39 Å². The van der Waals surface area contributed by atoms with Crippen LogP contribution in [-0.4, -0.2) is 19.9 Å². The normalized spacial score (nSPS) is 17.2. The molecule has 1 aromatic rings. The minimum atomic E-state index is -4.36. The number of nitrogens with one attached hydrogen (secondary N) is 1. The molecule has 0 atom stereocenters. The van der Waals surface area contributed by atoms with Gasteiger partial charge >= 0.3 is 0 Å². The second kappa shape index (κ2) is 5.39. The van der Waals surface area contributed by atoms with Gasteiger partial charge in [-0.2, -0.15) is 0 Å². The summed E-state index contributed by atoms with van der Waals surface area (Å²) in [6.07, 6.45) is 2.55. The first kappa shape index (κ1) is 16.5. The lowest BCUT2D eigenvalue weighted by Gasteiger charge is -2.39. The highest BCUT2D eigenvalue weighted by molar-refractivity contribution is 7.89. The molecule has 0 saturated heterocycles. The molecule has 5 nitrogen and oxygen atoms in total. The fraction of sp³-hybridized carbons (Fsp3) is 0.417. The van der Waals surface area contributed by atoms with Crippen LogP contribution in [0.3, 0.4) is 0 Å². The van der Waals surface area contributed by atoms with Gasteiger partial charge in [-0.05, 0) is 32.3 Å². The van der Waals surface area contributed by atoms with E-state index in [1.165, 1.54) is 0 Å². The van der Waals surface area contributed by atoms with Crippen molar-refractivity contribution in [1.82, 2.24) is 5.32 Å². The van der Waals surface area contributed by atoms with Crippen LogP contribution in [0.25, 0.3) is 0 Å². The van der Waals surface area contributed by atoms with E-state index in [2.05, 4.69) is 5.32 Å². The fourth-order valence-corrected chi connectivity index (χ4v) is 3.95. The molecule has 0 unspecified atom stereocenters. The Morgan fingerprint density at radius 2 is 1.95 bits per heavy atom. The number of amides is 1. The largest absolute Gasteiger partial charge is 0.347 e. The van der Waals surface area contributed by atoms with E-state index in [1.807, 2.05) is 6.92 Å². The molecule has 9 heteroatoms. The number of sulfonamides is 1. The van der Waals surface area contributed by atoms with Gasteiger partial charge in [0.15, 0.2) is 0 Å². The summed E-state index contributed by atoms with van der Waals surface area (Å²) >= 11 is 11.5. The van der Waals surface area contributed by atoms with E-state index in [0.717, 1.165) is 25.3 Å². The molecule has 1 amide bonds. The van der Waals surface area contributed by atoms with E-state index >= 15 is 0 Å². The molecule has 1 aromatic carbocycles. The van der Waals surface area contributed by atoms with Crippen LogP contribution in [0.15, 0.2) is 11.0 Å². The summed E-state index contributed by atoms with van der Waals surface area (Å²) in [6.45, 7) is 1.84. The third-order valence-corrected chi connectivity index (χ3v) is 5.48. The molecule has 1 aliphatic rings. The van der Waals surface area contributed by atoms with Gasteiger partial charge in [-0.15, -0.1) is 0 Å². The van der Waals surface area contributed by atoms with Gasteiger partial charge in [-0.1, -0.05) is 23.2 Å². The molecule has 0 aromatic heterocycles. The Kier molecular flexibility index (Phi) is 4.23. The number of hydrogen-bond acceptors (Lipinski definition) is 3. The number of rotatable bonds is 3. The first-order valence-electron chi connectivity index (χ1n) is 6.08. The number of hydrogen-bond donors (Lipinski definition) is 2. The predicted molar refractivity (Wildman–Crippen MR) is 77.5 cm³/mol. The SMILES string of the molecule is CC1(NC(=O)c2cc(F)c(Cl)c(S(N)(=O)=O)c2Cl)CCC1. The topological polar surface area (TPSA) is 89.3 Å². The minimum absolute atomic E-state index is 0.310. The van der Waals surface area contributed by atoms with Crippen molar-refractivity contribution in [2.75, 3.05) is 0 Å². The predicted octanol–water partition coefficient (Wildman–Crippen LogP) is 2.45. The van der Waals surface area contributed by atoms with Crippen molar-refractivity contribution in [3.05, 3.63) is 27.5 Å². The molecular weight excluding hydrogens is 342 g/mol. The van der Waals surface area contributed by atoms with E-state index in [4.69, 9.17) is 28.3 Å². The zero-order valence-corrected chi connectivity index (χ0v) is 13.4. The lowest BCUT2D eigenvalue weighted by molar-refractivity contribution is 0.0850. The molecule has 1 fully saturated rings. The summed E-state index contributed by atoms with van der Waals surface area (Å²) in [5.74, 6) is -1.74. The smallest absolute Gasteiger partial charge is 0.253 e. The number of carbonyl (C=O) groups is 1. The lowest BCUT2D eigenvalue weighted by Crippen LogP contribution is -2.51. The molecule has 0 spiro atoms. The third-order valence-electron chi connectivity index (χ3n) is 3.52. The quantitative estimate of drug-likeness (QED) is 0.817. The number of carbonyl (C=O) groups excluding carboxylic acids is 1. The summed E-state index contributed by atoms with van der Waals surface area (Å²) in [5, 5.41) is 6.46. The molecule has 1 aliphatic carbocycles. The van der Waals surface area contributed by atoms with Gasteiger partial charge in [0, 0.05) is 5.54 Å². The minimum Gasteiger partial charge on any atom is -0.347 e. The van der Waals surface area contributed by atoms with Gasteiger partial charge < -0.3 is 5.32 Å². The van der Waals surface area contributed by atoms with Crippen LogP contribution >= 0.6 is 23.2 Å². The average molecular weight is 355 g/mol. The van der Waals surface area contributed by atoms with E-state index in [9.17, 15) is 17.6 Å². The number of halogens is 3. The van der Waals surface area contributed by atoms with Crippen LogP contribution < -0.4 is 10.5 Å². The van der Waals surface area contributed by atoms with Crippen LogP contribution in [0, 0.1) is 5.82 Å². The van der Waals surface area contributed by atoms with Crippen LogP contribution in [0.1, 0.15) is 36.5 Å². The summed E-state index contributed by atoms with van der Waals surface area (Å²) in [4.78, 5) is 11.4. The Morgan fingerprint density at radius 3 is 2.38 bits per heavy atom. The van der Waals surface area contributed by atoms with Gasteiger partial charge in [0.05, 0.1) is 15.6 Å². The maximum absolute atomic E-state index is 13.7. The van der Waals surface area contributed by atoms with Crippen LogP contribution in [-0.2, 0) is 10.0 Å². The standard InChI is InChI=1S/C12H13Cl2FN2O3S/c1-12(3-2-4-12)17-11(18)6-5-7(15)9(14)10(8(6)13)21(16,19)20/h5H,2-4H2,1H3,(H,17,18)(H2,16,19,20). The van der Waals surface area contributed by atoms with Crippen molar-refractivity contribution in [2.45, 2.75) is 36.6 Å². The molecule has 21 heavy (non-hydrogen) atoms. The molecule has 0 aliphatic heterocycles. The Labute approximate surface area is 131 Å². The molecule has 1 saturated carbocycles. The highest BCUT2D eigenvalue weighted by atomic mass is 35.5. The van der Waals surface area contributed by atoms with Crippen molar-refractivity contribution in [2.24, 2.45) is 5.14 Å². The summed E-state index contributed by atoms with van der Waals surface area (Å²) < 4.78 is 36.7. The van der Waals surface area contributed by atoms with Crippen LogP contribution in [0.2, 0.25) is 10.0 Å². The van der Waals surface area contributed by atoms with Crippen molar-refractivity contribution in [3.63, 3.8) is 0 Å². The number of nitrogens with two attached hydrogens (primary N) is 1. The summed E-state index contributed by atoms with van der Waals surface area (Å²) in [5.41, 5.74) is -0.700. The number of benzene rings is 1. The van der Waals surface area contributed by atoms with Gasteiger partial charge in [0.1, 0.15) is 10.7 Å². The molecule has 0 bridgehead atoms. The molecule has 0 heterocycles. The highest BCUT2D eigenvalue weighted by Crippen LogP contribution is 2.35. The van der Waals surface area contributed by atoms with E-state index in [0.29, 0.717) is 0 Å². The monoisotopic (exact) mass is 354 g/mol. The zero-order chi connectivity index (χ0) is 16.0. The third kappa shape index (κ3) is 3.15. The van der Waals surface area contributed by atoms with E-state index in [1.54, 1.807) is 0 Å². The lowest BCUT2D eigenvalue weighted by atomic mass is 9.78. The molecule has 3 N–H and O–H groups in total. The maximum Gasteiger partial charge on any atom is 0.253 e. The van der Waals surface area contributed by atoms with Crippen LogP contribution in [0.5, 0.6) is 0 Å². The molecular formula is C12H13Cl2FN2O3S. The number of primary sulfonamides is 1. The van der Waals surface area contributed by atoms with Gasteiger partial charge in [0.2, 0.25) is 10.0 Å². The fourth-order valence-electron chi connectivity index (χ4n) is 2.17. The Hall–Kier alpha value is -0.890. The first-order chi connectivity index (χ1) is 9.55. The Balaban J connectivity index is 2.50. The molecule has 0 radical (unpaired) electrons. The van der Waals surface area contributed by atoms with Crippen molar-refractivity contribution in [3.8, 4) is 0 Å². The van der Waals surface area contributed by atoms with Crippen molar-refractivity contribution in [1.29, 1.82) is 0 Å². The average Bonchev–Trinajstić information content (AvgIpc) is 2.30. The maximum atomic E-state index is 13.7. The van der Waals surface area contributed by atoms with Crippen molar-refractivity contribution >= 4 is 39.1 Å². The molecule has 116 valence electrons. The molecule has 2 rings (SSSR count). The van der Waals surface area contributed by atoms with E-state index < -0.39 is 42.2 Å². The first-order valence-corrected chi connectivity index (χ1v) is 8.38. The second-order valence-electron chi connectivity index (χ2n) is 5.28. The summed E-state index contributed by atoms with van der Waals surface area (Å²) in [7, 11) is -4.36. The summed E-state index contributed by atoms with van der Waals surface area (Å²) in [6, 6.07) is 0.802. The van der Waals surface area contributed by atoms with Crippen molar-refractivity contribution < 1.29 is 17.6 Å². The van der Waals surface area contributed by atoms with Gasteiger partial charge in [-0.25, -0.2) is 17.9 Å². The van der Waals surface area contributed by atoms with Gasteiger partial charge in [0.25, 0.3) is 5.91 Å². The Morgan fingerprint density at radius 1 is 1.38 bits per heavy atom.